The van der Waals surface area contributed by atoms with Gasteiger partial charge < -0.3 is 15.1 Å². The first-order valence-electron chi connectivity index (χ1n) is 8.29. The zero-order valence-electron chi connectivity index (χ0n) is 13.1. The third kappa shape index (κ3) is 2.40. The average Bonchev–Trinajstić information content (AvgIpc) is 3.07. The van der Waals surface area contributed by atoms with E-state index in [2.05, 4.69) is 11.5 Å². The Morgan fingerprint density at radius 2 is 2.12 bits per heavy atom. The SMILES string of the molecule is N#CN1[C@H]2CC[C@@H]1[C@H](NC(=O)N1CC[C@H]1c1cccc(Cl)c1Cl)C2. The highest BCUT2D eigenvalue weighted by molar-refractivity contribution is 6.42. The van der Waals surface area contributed by atoms with Crippen molar-refractivity contribution in [2.45, 2.75) is 49.9 Å². The van der Waals surface area contributed by atoms with Crippen LogP contribution in [0.25, 0.3) is 0 Å². The van der Waals surface area contributed by atoms with Crippen molar-refractivity contribution in [3.8, 4) is 6.19 Å². The number of carbonyl (C=O) groups excluding carboxylic acids is 1. The van der Waals surface area contributed by atoms with Gasteiger partial charge in [0.1, 0.15) is 0 Å². The lowest BCUT2D eigenvalue weighted by Crippen LogP contribution is -2.54. The molecule has 3 aliphatic rings. The smallest absolute Gasteiger partial charge is 0.318 e. The summed E-state index contributed by atoms with van der Waals surface area (Å²) in [4.78, 5) is 16.3. The van der Waals surface area contributed by atoms with Gasteiger partial charge in [0.2, 0.25) is 0 Å². The van der Waals surface area contributed by atoms with Crippen LogP contribution < -0.4 is 5.32 Å². The third-order valence-electron chi connectivity index (χ3n) is 5.58. The number of urea groups is 1. The van der Waals surface area contributed by atoms with E-state index in [-0.39, 0.29) is 24.2 Å². The summed E-state index contributed by atoms with van der Waals surface area (Å²) in [6.07, 6.45) is 6.05. The van der Waals surface area contributed by atoms with E-state index in [1.807, 2.05) is 17.0 Å². The molecule has 5 nitrogen and oxygen atoms in total. The van der Waals surface area contributed by atoms with Crippen LogP contribution in [0.1, 0.15) is 37.3 Å². The Hall–Kier alpha value is -1.64. The lowest BCUT2D eigenvalue weighted by Gasteiger charge is -2.42. The number of nitrogens with one attached hydrogen (secondary N) is 1. The van der Waals surface area contributed by atoms with Crippen LogP contribution in [0.4, 0.5) is 4.79 Å². The monoisotopic (exact) mass is 364 g/mol. The molecule has 126 valence electrons. The summed E-state index contributed by atoms with van der Waals surface area (Å²) in [5, 5.41) is 13.4. The minimum atomic E-state index is -0.0715. The van der Waals surface area contributed by atoms with Crippen molar-refractivity contribution in [3.05, 3.63) is 33.8 Å². The first-order chi connectivity index (χ1) is 11.6. The van der Waals surface area contributed by atoms with Crippen LogP contribution in [0.2, 0.25) is 10.0 Å². The molecular weight excluding hydrogens is 347 g/mol. The van der Waals surface area contributed by atoms with E-state index in [9.17, 15) is 10.1 Å². The second-order valence-corrected chi connectivity index (χ2v) is 7.52. The molecule has 1 N–H and O–H groups in total. The second kappa shape index (κ2) is 6.02. The van der Waals surface area contributed by atoms with Gasteiger partial charge in [0, 0.05) is 12.6 Å². The number of likely N-dealkylation sites (tertiary alicyclic amines) is 1. The molecule has 4 atom stereocenters. The molecule has 7 heteroatoms. The average molecular weight is 365 g/mol. The molecule has 1 aromatic carbocycles. The van der Waals surface area contributed by atoms with Crippen molar-refractivity contribution in [1.82, 2.24) is 15.1 Å². The van der Waals surface area contributed by atoms with Gasteiger partial charge in [-0.05, 0) is 37.3 Å². The Bertz CT molecular complexity index is 719. The highest BCUT2D eigenvalue weighted by Crippen LogP contribution is 2.41. The number of hydrogen-bond donors (Lipinski definition) is 1. The van der Waals surface area contributed by atoms with E-state index < -0.39 is 0 Å². The lowest BCUT2D eigenvalue weighted by molar-refractivity contribution is 0.111. The zero-order valence-corrected chi connectivity index (χ0v) is 14.6. The molecule has 0 aliphatic carbocycles. The molecule has 4 rings (SSSR count). The molecule has 3 saturated heterocycles. The van der Waals surface area contributed by atoms with Crippen LogP contribution in [-0.4, -0.2) is 40.5 Å². The van der Waals surface area contributed by atoms with E-state index in [1.54, 1.807) is 11.0 Å². The second-order valence-electron chi connectivity index (χ2n) is 6.74. The fourth-order valence-electron chi connectivity index (χ4n) is 4.27. The van der Waals surface area contributed by atoms with E-state index in [1.165, 1.54) is 0 Å². The van der Waals surface area contributed by atoms with Gasteiger partial charge in [0.15, 0.2) is 6.19 Å². The Morgan fingerprint density at radius 3 is 2.79 bits per heavy atom. The number of carbonyl (C=O) groups is 1. The molecular formula is C17H18Cl2N4O. The summed E-state index contributed by atoms with van der Waals surface area (Å²) in [6.45, 7) is 0.710. The summed E-state index contributed by atoms with van der Waals surface area (Å²) >= 11 is 12.4. The van der Waals surface area contributed by atoms with Crippen molar-refractivity contribution in [1.29, 1.82) is 5.26 Å². The quantitative estimate of drug-likeness (QED) is 0.816. The molecule has 0 spiro atoms. The van der Waals surface area contributed by atoms with Gasteiger partial charge in [0.05, 0.1) is 28.2 Å². The molecule has 2 bridgehead atoms. The molecule has 3 aliphatic heterocycles. The van der Waals surface area contributed by atoms with Crippen LogP contribution in [0, 0.1) is 11.5 Å². The first kappa shape index (κ1) is 15.9. The van der Waals surface area contributed by atoms with Gasteiger partial charge in [-0.2, -0.15) is 5.26 Å². The topological polar surface area (TPSA) is 59.4 Å². The fourth-order valence-corrected chi connectivity index (χ4v) is 4.71. The van der Waals surface area contributed by atoms with Gasteiger partial charge in [0.25, 0.3) is 0 Å². The number of hydrogen-bond acceptors (Lipinski definition) is 3. The normalized spacial score (nSPS) is 30.9. The van der Waals surface area contributed by atoms with Gasteiger partial charge in [-0.3, -0.25) is 0 Å². The minimum Gasteiger partial charge on any atom is -0.333 e. The van der Waals surface area contributed by atoms with E-state index in [0.29, 0.717) is 22.6 Å². The largest absolute Gasteiger partial charge is 0.333 e. The van der Waals surface area contributed by atoms with Gasteiger partial charge in [-0.1, -0.05) is 35.3 Å². The van der Waals surface area contributed by atoms with E-state index in [0.717, 1.165) is 31.2 Å². The molecule has 24 heavy (non-hydrogen) atoms. The molecule has 3 fully saturated rings. The van der Waals surface area contributed by atoms with Crippen molar-refractivity contribution >= 4 is 29.2 Å². The van der Waals surface area contributed by atoms with Crippen LogP contribution >= 0.6 is 23.2 Å². The minimum absolute atomic E-state index is 0.0261. The Morgan fingerprint density at radius 1 is 1.29 bits per heavy atom. The standard InChI is InChI=1S/C17H18Cl2N4O/c18-12-3-1-2-11(16(12)19)14-6-7-22(14)17(24)21-13-8-10-4-5-15(13)23(10)9-20/h1-3,10,13-15H,4-8H2,(H,21,24)/t10-,13+,14-,15+/m0/s1. The number of amides is 2. The fraction of sp³-hybridized carbons (Fsp3) is 0.529. The lowest BCUT2D eigenvalue weighted by atomic mass is 9.94. The number of nitriles is 1. The number of benzene rings is 1. The van der Waals surface area contributed by atoms with Crippen molar-refractivity contribution in [2.24, 2.45) is 0 Å². The molecule has 0 radical (unpaired) electrons. The van der Waals surface area contributed by atoms with Crippen molar-refractivity contribution in [2.75, 3.05) is 6.54 Å². The van der Waals surface area contributed by atoms with Gasteiger partial charge >= 0.3 is 6.03 Å². The molecule has 0 unspecified atom stereocenters. The van der Waals surface area contributed by atoms with Crippen LogP contribution in [0.3, 0.4) is 0 Å². The maximum atomic E-state index is 12.7. The van der Waals surface area contributed by atoms with Crippen LogP contribution in [0.15, 0.2) is 18.2 Å². The summed E-state index contributed by atoms with van der Waals surface area (Å²) in [7, 11) is 0. The summed E-state index contributed by atoms with van der Waals surface area (Å²) < 4.78 is 0. The van der Waals surface area contributed by atoms with Gasteiger partial charge in [-0.15, -0.1) is 0 Å². The Balaban J connectivity index is 1.44. The maximum absolute atomic E-state index is 12.7. The predicted molar refractivity (Wildman–Crippen MR) is 91.7 cm³/mol. The number of rotatable bonds is 2. The molecule has 0 saturated carbocycles. The highest BCUT2D eigenvalue weighted by atomic mass is 35.5. The van der Waals surface area contributed by atoms with Crippen LogP contribution in [0.5, 0.6) is 0 Å². The van der Waals surface area contributed by atoms with Gasteiger partial charge in [-0.25, -0.2) is 4.79 Å². The van der Waals surface area contributed by atoms with Crippen molar-refractivity contribution < 1.29 is 4.79 Å². The summed E-state index contributed by atoms with van der Waals surface area (Å²) in [6, 6.07) is 5.94. The van der Waals surface area contributed by atoms with Crippen molar-refractivity contribution in [3.63, 3.8) is 0 Å². The summed E-state index contributed by atoms with van der Waals surface area (Å²) in [5.74, 6) is 0. The molecule has 1 aromatic rings. The predicted octanol–water partition coefficient (Wildman–Crippen LogP) is 3.54. The highest BCUT2D eigenvalue weighted by Gasteiger charge is 2.47. The molecule has 3 heterocycles. The Kier molecular flexibility index (Phi) is 3.98. The van der Waals surface area contributed by atoms with Crippen LogP contribution in [-0.2, 0) is 0 Å². The Labute approximate surface area is 151 Å². The number of fused-ring (bicyclic) bond motifs is 2. The molecule has 0 aromatic heterocycles. The van der Waals surface area contributed by atoms with E-state index >= 15 is 0 Å². The maximum Gasteiger partial charge on any atom is 0.318 e. The number of halogens is 2. The number of nitrogens with zero attached hydrogens (tertiary/aromatic N) is 3. The first-order valence-corrected chi connectivity index (χ1v) is 9.05. The summed E-state index contributed by atoms with van der Waals surface area (Å²) in [5.41, 5.74) is 0.900. The third-order valence-corrected chi connectivity index (χ3v) is 6.42. The molecule has 2 amide bonds. The van der Waals surface area contributed by atoms with E-state index in [4.69, 9.17) is 23.2 Å². The zero-order chi connectivity index (χ0) is 16.8.